The van der Waals surface area contributed by atoms with Crippen LogP contribution in [0.4, 0.5) is 45.3 Å². The lowest BCUT2D eigenvalue weighted by Gasteiger charge is -2.26. The van der Waals surface area contributed by atoms with Crippen molar-refractivity contribution in [2.24, 2.45) is 5.92 Å². The number of sulfonamides is 1. The number of hydrogen-bond acceptors (Lipinski definition) is 9. The monoisotopic (exact) mass is 1010 g/mol. The van der Waals surface area contributed by atoms with Crippen molar-refractivity contribution >= 4 is 59.8 Å². The number of hydrogen-bond donors (Lipinski definition) is 4. The number of sulfone groups is 1. The summed E-state index contributed by atoms with van der Waals surface area (Å²) < 4.78 is 184. The van der Waals surface area contributed by atoms with Gasteiger partial charge in [-0.15, -0.1) is 0 Å². The van der Waals surface area contributed by atoms with Crippen LogP contribution < -0.4 is 15.4 Å². The van der Waals surface area contributed by atoms with Crippen molar-refractivity contribution < 1.29 is 61.1 Å². The summed E-state index contributed by atoms with van der Waals surface area (Å²) in [5.74, 6) is -8.97. The zero-order valence-corrected chi connectivity index (χ0v) is 38.4. The predicted molar refractivity (Wildman–Crippen MR) is 232 cm³/mol. The number of aromatic nitrogens is 3. The first-order valence-electron chi connectivity index (χ1n) is 21.1. The highest BCUT2D eigenvalue weighted by atomic mass is 35.5. The number of amides is 1. The summed E-state index contributed by atoms with van der Waals surface area (Å²) in [7, 11) is -7.66. The molecule has 24 heteroatoms. The first-order valence-corrected chi connectivity index (χ1v) is 24.6. The van der Waals surface area contributed by atoms with Gasteiger partial charge in [0, 0.05) is 34.9 Å². The first-order chi connectivity index (χ1) is 31.1. The molecule has 364 valence electrons. The van der Waals surface area contributed by atoms with E-state index in [0.717, 1.165) is 23.7 Å². The van der Waals surface area contributed by atoms with E-state index in [1.807, 2.05) is 0 Å². The van der Waals surface area contributed by atoms with Gasteiger partial charge in [-0.3, -0.25) is 24.6 Å². The summed E-state index contributed by atoms with van der Waals surface area (Å²) >= 11 is 6.64. The van der Waals surface area contributed by atoms with E-state index in [0.29, 0.717) is 31.7 Å². The van der Waals surface area contributed by atoms with Gasteiger partial charge in [-0.2, -0.15) is 27.1 Å². The molecule has 2 saturated carbocycles. The Hall–Kier alpha value is -4.90. The fraction of sp³-hybridized carbons (Fsp3) is 0.488. The number of anilines is 1. The molecule has 1 amide bonds. The zero-order chi connectivity index (χ0) is 49.2. The topological polar surface area (TPSA) is 176 Å². The Bertz CT molecular complexity index is 2860. The molecular weight excluding hydrogens is 965 g/mol. The number of carbonyl (C=O) groups is 1. The molecule has 67 heavy (non-hydrogen) atoms. The number of benzene rings is 2. The average Bonchev–Trinajstić information content (AvgIpc) is 4.14. The molecule has 2 aromatic carbocycles. The van der Waals surface area contributed by atoms with Crippen LogP contribution in [-0.2, 0) is 44.0 Å². The van der Waals surface area contributed by atoms with Gasteiger partial charge in [0.25, 0.3) is 12.3 Å². The minimum Gasteiger partial charge on any atom is -0.374 e. The quantitative estimate of drug-likeness (QED) is 0.0532. The molecule has 2 aromatic heterocycles. The molecule has 0 spiro atoms. The third-order valence-corrected chi connectivity index (χ3v) is 17.3. The molecule has 12 nitrogen and oxygen atoms in total. The third-order valence-electron chi connectivity index (χ3n) is 12.0. The highest BCUT2D eigenvalue weighted by Gasteiger charge is 2.51. The fourth-order valence-corrected chi connectivity index (χ4v) is 12.0. The van der Waals surface area contributed by atoms with E-state index in [-0.39, 0.29) is 62.7 Å². The van der Waals surface area contributed by atoms with E-state index in [1.54, 1.807) is 13.8 Å². The largest absolute Gasteiger partial charge is 0.433 e. The molecule has 2 atom stereocenters. The molecule has 0 saturated heterocycles. The Kier molecular flexibility index (Phi) is 13.6. The molecule has 4 N–H and O–H groups in total. The van der Waals surface area contributed by atoms with Gasteiger partial charge in [0.1, 0.15) is 23.9 Å². The van der Waals surface area contributed by atoms with E-state index in [9.17, 15) is 52.4 Å². The van der Waals surface area contributed by atoms with Gasteiger partial charge in [-0.05, 0) is 94.5 Å². The molecule has 0 aliphatic heterocycles. The zero-order valence-electron chi connectivity index (χ0n) is 36.0. The van der Waals surface area contributed by atoms with E-state index in [1.165, 1.54) is 24.3 Å². The highest BCUT2D eigenvalue weighted by molar-refractivity contribution is 7.93. The molecular formula is C43H45ClF9N7O5S2. The minimum absolute atomic E-state index is 0.00908. The lowest BCUT2D eigenvalue weighted by atomic mass is 9.93. The van der Waals surface area contributed by atoms with Crippen LogP contribution in [0.2, 0.25) is 5.02 Å². The smallest absolute Gasteiger partial charge is 0.374 e. The van der Waals surface area contributed by atoms with E-state index >= 15 is 8.78 Å². The number of carbonyl (C=O) groups excluding carboxylic acids is 1. The molecule has 0 bridgehead atoms. The number of nitrogens with zero attached hydrogens (tertiary/aromatic N) is 3. The average molecular weight is 1010 g/mol. The highest BCUT2D eigenvalue weighted by Crippen LogP contribution is 2.46. The Balaban J connectivity index is 1.38. The van der Waals surface area contributed by atoms with Gasteiger partial charge in [-0.1, -0.05) is 30.7 Å². The Morgan fingerprint density at radius 1 is 0.970 bits per heavy atom. The van der Waals surface area contributed by atoms with E-state index < -0.39 is 126 Å². The van der Waals surface area contributed by atoms with Gasteiger partial charge in [0.15, 0.2) is 15.7 Å². The van der Waals surface area contributed by atoms with Crippen molar-refractivity contribution in [1.29, 1.82) is 5.41 Å². The first kappa shape index (κ1) is 50.0. The second-order valence-corrected chi connectivity index (χ2v) is 23.0. The number of nitrogens with one attached hydrogen (secondary N) is 4. The van der Waals surface area contributed by atoms with Crippen molar-refractivity contribution in [2.45, 2.75) is 118 Å². The molecule has 2 heterocycles. The number of rotatable bonds is 19. The second kappa shape index (κ2) is 18.2. The Morgan fingerprint density at radius 3 is 2.19 bits per heavy atom. The number of pyridine rings is 1. The molecule has 3 aliphatic rings. The van der Waals surface area contributed by atoms with Crippen LogP contribution in [0.5, 0.6) is 0 Å². The summed E-state index contributed by atoms with van der Waals surface area (Å²) in [6.45, 7) is 1.99. The maximum absolute atomic E-state index is 15.2. The van der Waals surface area contributed by atoms with Crippen LogP contribution in [0.25, 0.3) is 22.0 Å². The van der Waals surface area contributed by atoms with Gasteiger partial charge in [-0.25, -0.2) is 34.4 Å². The third kappa shape index (κ3) is 10.7. The van der Waals surface area contributed by atoms with Crippen LogP contribution >= 0.6 is 11.6 Å². The maximum Gasteiger partial charge on any atom is 0.433 e. The van der Waals surface area contributed by atoms with Crippen molar-refractivity contribution in [3.05, 3.63) is 87.3 Å². The summed E-state index contributed by atoms with van der Waals surface area (Å²) in [6, 6.07) is 6.51. The van der Waals surface area contributed by atoms with Crippen molar-refractivity contribution in [3.63, 3.8) is 0 Å². The van der Waals surface area contributed by atoms with E-state index in [2.05, 4.69) is 20.5 Å². The SMILES string of the molecule is C[C@H]1CC(F)(F)C(NCC(=O)N[C@@H](Cc2cc(F)cc(F)c2)c2nc(CCC(C)(C)S(=O)(=O)C3CC3)ccc2-c2ccc(Cl)c3c(NS(=O)(=O)C4CC4)nn(CC(F)F)c23)=C1C(=N)C(F)(F)F. The summed E-state index contributed by atoms with van der Waals surface area (Å²) in [4.78, 5) is 18.7. The number of halogens is 10. The van der Waals surface area contributed by atoms with Crippen molar-refractivity contribution in [1.82, 2.24) is 25.4 Å². The summed E-state index contributed by atoms with van der Waals surface area (Å²) in [5, 5.41) is 15.0. The van der Waals surface area contributed by atoms with Gasteiger partial charge < -0.3 is 10.6 Å². The van der Waals surface area contributed by atoms with Crippen LogP contribution in [-0.4, -0.2) is 83.5 Å². The fourth-order valence-electron chi connectivity index (χ4n) is 8.35. The molecule has 7 rings (SSSR count). The van der Waals surface area contributed by atoms with E-state index in [4.69, 9.17) is 22.0 Å². The number of allylic oxidation sites excluding steroid dienone is 2. The van der Waals surface area contributed by atoms with Gasteiger partial charge in [0.05, 0.1) is 55.2 Å². The molecule has 0 unspecified atom stereocenters. The summed E-state index contributed by atoms with van der Waals surface area (Å²) in [6.07, 6.45) is -8.27. The van der Waals surface area contributed by atoms with Gasteiger partial charge >= 0.3 is 6.18 Å². The number of fused-ring (bicyclic) bond motifs is 1. The molecule has 3 aliphatic carbocycles. The van der Waals surface area contributed by atoms with Crippen molar-refractivity contribution in [2.75, 3.05) is 11.3 Å². The molecule has 0 radical (unpaired) electrons. The second-order valence-electron chi connectivity index (χ2n) is 17.8. The lowest BCUT2D eigenvalue weighted by molar-refractivity contribution is -0.121. The van der Waals surface area contributed by atoms with Crippen LogP contribution in [0.1, 0.15) is 82.3 Å². The molecule has 2 fully saturated rings. The Labute approximate surface area is 384 Å². The van der Waals surface area contributed by atoms with Crippen LogP contribution in [0.15, 0.2) is 53.7 Å². The standard InChI is InChI=1S/C43H45ClF9N7O5S2/c1-21-18-42(49,50)39(34(21)38(54)43(51,52)53)55-19-33(61)57-31(16-22-14-23(45)17-24(46)15-22)36-28(9-4-25(56-36)12-13-41(2,3)66(62,63)26-5-6-26)29-10-11-30(44)35-37(29)60(20-32(47)48)58-40(35)59-67(64,65)27-7-8-27/h4,9-11,14-15,17,21,26-27,31-32,54-55H,5-8,12-13,16,18-20H2,1-3H3,(H,57,61)(H,58,59)/t21-,31-/m0/s1. The lowest BCUT2D eigenvalue weighted by Crippen LogP contribution is -2.40. The number of alkyl halides is 7. The number of aryl methyl sites for hydroxylation is 1. The van der Waals surface area contributed by atoms with Crippen molar-refractivity contribution in [3.8, 4) is 11.1 Å². The normalized spacial score (nSPS) is 18.4. The minimum atomic E-state index is -5.31. The van der Waals surface area contributed by atoms with Gasteiger partial charge in [0.2, 0.25) is 15.9 Å². The summed E-state index contributed by atoms with van der Waals surface area (Å²) in [5.41, 5.74) is -4.49. The predicted octanol–water partition coefficient (Wildman–Crippen LogP) is 8.99. The van der Waals surface area contributed by atoms with Crippen LogP contribution in [0.3, 0.4) is 0 Å². The molecule has 4 aromatic rings. The maximum atomic E-state index is 15.2. The Morgan fingerprint density at radius 2 is 1.60 bits per heavy atom. The van der Waals surface area contributed by atoms with Crippen LogP contribution in [0, 0.1) is 23.0 Å².